The molecule has 0 aromatic carbocycles. The molecule has 0 aliphatic heterocycles. The molecular formula is C9H10ClN5. The third-order valence-corrected chi connectivity index (χ3v) is 2.40. The van der Waals surface area contributed by atoms with Crippen LogP contribution in [-0.2, 0) is 0 Å². The Balaban J connectivity index is 2.49. The highest BCUT2D eigenvalue weighted by molar-refractivity contribution is 6.32. The molecule has 2 rings (SSSR count). The van der Waals surface area contributed by atoms with Gasteiger partial charge in [0.1, 0.15) is 5.02 Å². The third kappa shape index (κ3) is 1.78. The molecule has 0 radical (unpaired) electrons. The number of nitrogen functional groups attached to an aromatic ring is 1. The Morgan fingerprint density at radius 1 is 1.33 bits per heavy atom. The van der Waals surface area contributed by atoms with Gasteiger partial charge in [0.05, 0.1) is 23.8 Å². The summed E-state index contributed by atoms with van der Waals surface area (Å²) < 4.78 is 1.51. The first kappa shape index (κ1) is 9.92. The molecule has 5 nitrogen and oxygen atoms in total. The SMILES string of the molecule is Cc1ncc(-n2cc(Cl)c(N)n2)nc1C. The minimum atomic E-state index is 0.289. The lowest BCUT2D eigenvalue weighted by Crippen LogP contribution is -2.02. The van der Waals surface area contributed by atoms with Crippen LogP contribution in [0, 0.1) is 13.8 Å². The average Bonchev–Trinajstić information content (AvgIpc) is 2.52. The average molecular weight is 224 g/mol. The summed E-state index contributed by atoms with van der Waals surface area (Å²) in [7, 11) is 0. The van der Waals surface area contributed by atoms with Gasteiger partial charge in [0.25, 0.3) is 0 Å². The van der Waals surface area contributed by atoms with Crippen LogP contribution in [0.2, 0.25) is 5.02 Å². The first-order valence-corrected chi connectivity index (χ1v) is 4.77. The Morgan fingerprint density at radius 2 is 2.07 bits per heavy atom. The highest BCUT2D eigenvalue weighted by Crippen LogP contribution is 2.17. The van der Waals surface area contributed by atoms with Crippen LogP contribution in [0.5, 0.6) is 0 Å². The van der Waals surface area contributed by atoms with Crippen LogP contribution in [-0.4, -0.2) is 19.7 Å². The zero-order chi connectivity index (χ0) is 11.0. The number of anilines is 1. The number of nitrogens with two attached hydrogens (primary N) is 1. The van der Waals surface area contributed by atoms with E-state index in [0.29, 0.717) is 10.8 Å². The lowest BCUT2D eigenvalue weighted by atomic mass is 10.3. The molecule has 2 N–H and O–H groups in total. The van der Waals surface area contributed by atoms with Crippen LogP contribution in [0.3, 0.4) is 0 Å². The molecule has 15 heavy (non-hydrogen) atoms. The number of rotatable bonds is 1. The predicted molar refractivity (Wildman–Crippen MR) is 58.1 cm³/mol. The molecule has 2 aromatic heterocycles. The smallest absolute Gasteiger partial charge is 0.172 e. The van der Waals surface area contributed by atoms with Crippen LogP contribution in [0.1, 0.15) is 11.4 Å². The highest BCUT2D eigenvalue weighted by Gasteiger charge is 2.06. The van der Waals surface area contributed by atoms with Crippen molar-refractivity contribution in [3.05, 3.63) is 28.8 Å². The van der Waals surface area contributed by atoms with Gasteiger partial charge in [-0.3, -0.25) is 4.98 Å². The topological polar surface area (TPSA) is 69.6 Å². The molecule has 6 heteroatoms. The fourth-order valence-corrected chi connectivity index (χ4v) is 1.25. The summed E-state index contributed by atoms with van der Waals surface area (Å²) in [6, 6.07) is 0. The van der Waals surface area contributed by atoms with Crippen molar-refractivity contribution >= 4 is 17.4 Å². The quantitative estimate of drug-likeness (QED) is 0.796. The summed E-state index contributed by atoms with van der Waals surface area (Å²) in [4.78, 5) is 8.51. The summed E-state index contributed by atoms with van der Waals surface area (Å²) in [6.45, 7) is 3.79. The van der Waals surface area contributed by atoms with Crippen molar-refractivity contribution in [2.24, 2.45) is 0 Å². The molecule has 0 unspecified atom stereocenters. The van der Waals surface area contributed by atoms with Gasteiger partial charge in [-0.05, 0) is 13.8 Å². The molecule has 78 valence electrons. The van der Waals surface area contributed by atoms with Gasteiger partial charge < -0.3 is 5.73 Å². The number of nitrogens with zero attached hydrogens (tertiary/aromatic N) is 4. The maximum absolute atomic E-state index is 5.79. The van der Waals surface area contributed by atoms with Gasteiger partial charge in [0.2, 0.25) is 0 Å². The van der Waals surface area contributed by atoms with E-state index in [-0.39, 0.29) is 5.82 Å². The normalized spacial score (nSPS) is 10.6. The molecule has 0 aliphatic rings. The first-order valence-electron chi connectivity index (χ1n) is 4.39. The minimum Gasteiger partial charge on any atom is -0.381 e. The van der Waals surface area contributed by atoms with Crippen molar-refractivity contribution in [1.82, 2.24) is 19.7 Å². The zero-order valence-electron chi connectivity index (χ0n) is 8.40. The molecule has 0 spiro atoms. The van der Waals surface area contributed by atoms with Crippen molar-refractivity contribution in [2.45, 2.75) is 13.8 Å². The van der Waals surface area contributed by atoms with E-state index < -0.39 is 0 Å². The summed E-state index contributed by atoms with van der Waals surface area (Å²) in [5, 5.41) is 4.42. The first-order chi connectivity index (χ1) is 7.08. The van der Waals surface area contributed by atoms with Crippen LogP contribution in [0.4, 0.5) is 5.82 Å². The Kier molecular flexibility index (Phi) is 2.32. The number of aryl methyl sites for hydroxylation is 2. The van der Waals surface area contributed by atoms with Crippen molar-refractivity contribution in [1.29, 1.82) is 0 Å². The highest BCUT2D eigenvalue weighted by atomic mass is 35.5. The second kappa shape index (κ2) is 3.51. The molecule has 0 saturated carbocycles. The van der Waals surface area contributed by atoms with Gasteiger partial charge in [-0.1, -0.05) is 11.6 Å². The monoisotopic (exact) mass is 223 g/mol. The Labute approximate surface area is 91.9 Å². The molecule has 0 bridgehead atoms. The fraction of sp³-hybridized carbons (Fsp3) is 0.222. The van der Waals surface area contributed by atoms with E-state index in [9.17, 15) is 0 Å². The molecule has 2 heterocycles. The predicted octanol–water partition coefficient (Wildman–Crippen LogP) is 1.51. The van der Waals surface area contributed by atoms with Crippen LogP contribution >= 0.6 is 11.6 Å². The van der Waals surface area contributed by atoms with E-state index in [1.165, 1.54) is 4.68 Å². The maximum atomic E-state index is 5.79. The molecule has 0 amide bonds. The van der Waals surface area contributed by atoms with Gasteiger partial charge in [0, 0.05) is 0 Å². The summed E-state index contributed by atoms with van der Waals surface area (Å²) >= 11 is 5.79. The van der Waals surface area contributed by atoms with Gasteiger partial charge >= 0.3 is 0 Å². The van der Waals surface area contributed by atoms with Crippen LogP contribution in [0.15, 0.2) is 12.4 Å². The van der Waals surface area contributed by atoms with Gasteiger partial charge in [-0.25, -0.2) is 9.67 Å². The molecule has 2 aromatic rings. The van der Waals surface area contributed by atoms with Crippen molar-refractivity contribution in [3.8, 4) is 5.82 Å². The lowest BCUT2D eigenvalue weighted by Gasteiger charge is -2.02. The van der Waals surface area contributed by atoms with E-state index in [2.05, 4.69) is 15.1 Å². The van der Waals surface area contributed by atoms with E-state index in [1.54, 1.807) is 12.4 Å². The zero-order valence-corrected chi connectivity index (χ0v) is 9.15. The van der Waals surface area contributed by atoms with Crippen molar-refractivity contribution in [3.63, 3.8) is 0 Å². The summed E-state index contributed by atoms with van der Waals surface area (Å²) in [5.41, 5.74) is 7.29. The number of hydrogen-bond acceptors (Lipinski definition) is 4. The Hall–Kier alpha value is -1.62. The van der Waals surface area contributed by atoms with Gasteiger partial charge in [-0.2, -0.15) is 0 Å². The van der Waals surface area contributed by atoms with E-state index in [4.69, 9.17) is 17.3 Å². The van der Waals surface area contributed by atoms with E-state index >= 15 is 0 Å². The van der Waals surface area contributed by atoms with E-state index in [1.807, 2.05) is 13.8 Å². The molecular weight excluding hydrogens is 214 g/mol. The Morgan fingerprint density at radius 3 is 2.60 bits per heavy atom. The largest absolute Gasteiger partial charge is 0.381 e. The number of halogens is 1. The molecule has 0 atom stereocenters. The number of aromatic nitrogens is 4. The summed E-state index contributed by atoms with van der Waals surface area (Å²) in [6.07, 6.45) is 3.24. The second-order valence-corrected chi connectivity index (χ2v) is 3.61. The molecule has 0 fully saturated rings. The lowest BCUT2D eigenvalue weighted by molar-refractivity contribution is 0.828. The standard InChI is InChI=1S/C9H10ClN5/c1-5-6(2)13-8(3-12-5)15-4-7(10)9(11)14-15/h3-4H,1-2H3,(H2,11,14). The maximum Gasteiger partial charge on any atom is 0.172 e. The van der Waals surface area contributed by atoms with Crippen LogP contribution < -0.4 is 5.73 Å². The fourth-order valence-electron chi connectivity index (χ4n) is 1.12. The summed E-state index contributed by atoms with van der Waals surface area (Å²) in [5.74, 6) is 0.897. The van der Waals surface area contributed by atoms with Crippen molar-refractivity contribution in [2.75, 3.05) is 5.73 Å². The van der Waals surface area contributed by atoms with E-state index in [0.717, 1.165) is 11.4 Å². The van der Waals surface area contributed by atoms with Crippen LogP contribution in [0.25, 0.3) is 5.82 Å². The third-order valence-electron chi connectivity index (χ3n) is 2.11. The molecule has 0 saturated heterocycles. The Bertz CT molecular complexity index is 486. The number of hydrogen-bond donors (Lipinski definition) is 1. The molecule has 0 aliphatic carbocycles. The second-order valence-electron chi connectivity index (χ2n) is 3.21. The van der Waals surface area contributed by atoms with Gasteiger partial charge in [0.15, 0.2) is 11.6 Å². The van der Waals surface area contributed by atoms with Gasteiger partial charge in [-0.15, -0.1) is 5.10 Å². The minimum absolute atomic E-state index is 0.289. The van der Waals surface area contributed by atoms with Crippen molar-refractivity contribution < 1.29 is 0 Å².